The van der Waals surface area contributed by atoms with Gasteiger partial charge < -0.3 is 10.1 Å². The quantitative estimate of drug-likeness (QED) is 0.551. The van der Waals surface area contributed by atoms with Crippen molar-refractivity contribution in [1.29, 1.82) is 0 Å². The third-order valence-electron chi connectivity index (χ3n) is 3.70. The third-order valence-corrected chi connectivity index (χ3v) is 4.88. The van der Waals surface area contributed by atoms with E-state index in [4.69, 9.17) is 12.2 Å². The van der Waals surface area contributed by atoms with Crippen LogP contribution in [0, 0.1) is 4.77 Å². The van der Waals surface area contributed by atoms with Crippen LogP contribution < -0.4 is 10.1 Å². The van der Waals surface area contributed by atoms with Crippen molar-refractivity contribution in [2.45, 2.75) is 26.1 Å². The Bertz CT molecular complexity index is 937. The first kappa shape index (κ1) is 19.2. The van der Waals surface area contributed by atoms with Gasteiger partial charge in [0, 0.05) is 19.5 Å². The number of carbonyl (C=O) groups excluding carboxylic acids is 1. The topological polar surface area (TPSA) is 71.9 Å². The van der Waals surface area contributed by atoms with Crippen LogP contribution in [0.2, 0.25) is 0 Å². The summed E-state index contributed by atoms with van der Waals surface area (Å²) in [6.07, 6.45) is 0.235. The lowest BCUT2D eigenvalue weighted by molar-refractivity contribution is -0.121. The van der Waals surface area contributed by atoms with E-state index in [0.29, 0.717) is 23.7 Å². The van der Waals surface area contributed by atoms with Gasteiger partial charge in [-0.15, -0.1) is 11.3 Å². The van der Waals surface area contributed by atoms with Crippen LogP contribution in [-0.2, 0) is 17.9 Å². The molecule has 27 heavy (non-hydrogen) atoms. The molecule has 2 N–H and O–H groups in total. The highest BCUT2D eigenvalue weighted by Crippen LogP contribution is 2.22. The van der Waals surface area contributed by atoms with E-state index in [1.54, 1.807) is 28.0 Å². The van der Waals surface area contributed by atoms with Gasteiger partial charge in [-0.05, 0) is 41.4 Å². The SMILES string of the molecule is O=C(CCn1c(-c2cccs2)n[nH]c1=S)NCc1ccc(OC(F)F)cc1. The lowest BCUT2D eigenvalue weighted by Gasteiger charge is -2.08. The first-order valence-electron chi connectivity index (χ1n) is 8.02. The fourth-order valence-corrected chi connectivity index (χ4v) is 3.36. The molecule has 10 heteroatoms. The Labute approximate surface area is 162 Å². The van der Waals surface area contributed by atoms with Crippen molar-refractivity contribution in [1.82, 2.24) is 20.1 Å². The smallest absolute Gasteiger partial charge is 0.387 e. The zero-order valence-corrected chi connectivity index (χ0v) is 15.7. The molecule has 0 aliphatic rings. The fourth-order valence-electron chi connectivity index (χ4n) is 2.41. The average Bonchev–Trinajstić information content (AvgIpc) is 3.28. The molecule has 3 aromatic rings. The van der Waals surface area contributed by atoms with Crippen molar-refractivity contribution in [3.8, 4) is 16.5 Å². The van der Waals surface area contributed by atoms with Gasteiger partial charge in [0.25, 0.3) is 0 Å². The molecular formula is C17H16F2N4O2S2. The minimum atomic E-state index is -2.86. The number of amides is 1. The van der Waals surface area contributed by atoms with Gasteiger partial charge in [-0.2, -0.15) is 13.9 Å². The number of hydrogen-bond donors (Lipinski definition) is 2. The van der Waals surface area contributed by atoms with Gasteiger partial charge in [-0.1, -0.05) is 18.2 Å². The molecule has 0 aliphatic carbocycles. The predicted molar refractivity (Wildman–Crippen MR) is 100 cm³/mol. The second-order valence-corrected chi connectivity index (χ2v) is 6.86. The number of aromatic nitrogens is 3. The van der Waals surface area contributed by atoms with Crippen molar-refractivity contribution in [3.63, 3.8) is 0 Å². The molecule has 0 bridgehead atoms. The normalized spacial score (nSPS) is 10.9. The van der Waals surface area contributed by atoms with E-state index in [9.17, 15) is 13.6 Å². The van der Waals surface area contributed by atoms with Crippen molar-refractivity contribution in [2.24, 2.45) is 0 Å². The van der Waals surface area contributed by atoms with Crippen molar-refractivity contribution in [2.75, 3.05) is 0 Å². The van der Waals surface area contributed by atoms with Crippen LogP contribution in [0.3, 0.4) is 0 Å². The number of benzene rings is 1. The van der Waals surface area contributed by atoms with Gasteiger partial charge >= 0.3 is 6.61 Å². The number of hydrogen-bond acceptors (Lipinski definition) is 5. The standard InChI is InChI=1S/C17H16F2N4O2S2/c18-16(19)25-12-5-3-11(4-6-12)10-20-14(24)7-8-23-15(21-22-17(23)26)13-2-1-9-27-13/h1-6,9,16H,7-8,10H2,(H,20,24)(H,22,26). The number of carbonyl (C=O) groups is 1. The first-order chi connectivity index (χ1) is 13.0. The number of alkyl halides is 2. The molecule has 0 radical (unpaired) electrons. The number of aromatic amines is 1. The van der Waals surface area contributed by atoms with E-state index >= 15 is 0 Å². The largest absolute Gasteiger partial charge is 0.435 e. The summed E-state index contributed by atoms with van der Waals surface area (Å²) in [5, 5.41) is 11.7. The fraction of sp³-hybridized carbons (Fsp3) is 0.235. The highest BCUT2D eigenvalue weighted by Gasteiger charge is 2.11. The highest BCUT2D eigenvalue weighted by molar-refractivity contribution is 7.71. The van der Waals surface area contributed by atoms with Crippen LogP contribution >= 0.6 is 23.6 Å². The zero-order valence-electron chi connectivity index (χ0n) is 14.0. The summed E-state index contributed by atoms with van der Waals surface area (Å²) in [6.45, 7) is -2.16. The lowest BCUT2D eigenvalue weighted by Crippen LogP contribution is -2.24. The Morgan fingerprint density at radius 3 is 2.78 bits per heavy atom. The third kappa shape index (κ3) is 5.20. The predicted octanol–water partition coefficient (Wildman–Crippen LogP) is 3.98. The Hall–Kier alpha value is -2.59. The van der Waals surface area contributed by atoms with Gasteiger partial charge in [0.05, 0.1) is 4.88 Å². The van der Waals surface area contributed by atoms with E-state index < -0.39 is 6.61 Å². The van der Waals surface area contributed by atoms with E-state index in [0.717, 1.165) is 10.4 Å². The summed E-state index contributed by atoms with van der Waals surface area (Å²) in [5.41, 5.74) is 0.782. The molecule has 0 unspecified atom stereocenters. The van der Waals surface area contributed by atoms with E-state index in [-0.39, 0.29) is 18.1 Å². The van der Waals surface area contributed by atoms with Gasteiger partial charge in [0.2, 0.25) is 5.91 Å². The van der Waals surface area contributed by atoms with Crippen LogP contribution in [0.1, 0.15) is 12.0 Å². The van der Waals surface area contributed by atoms with Crippen molar-refractivity contribution in [3.05, 3.63) is 52.1 Å². The second kappa shape index (κ2) is 8.87. The van der Waals surface area contributed by atoms with Gasteiger partial charge in [0.15, 0.2) is 10.6 Å². The molecule has 0 atom stereocenters. The number of rotatable bonds is 8. The van der Waals surface area contributed by atoms with Crippen molar-refractivity contribution < 1.29 is 18.3 Å². The Morgan fingerprint density at radius 1 is 1.33 bits per heavy atom. The highest BCUT2D eigenvalue weighted by atomic mass is 32.1. The number of nitrogens with one attached hydrogen (secondary N) is 2. The van der Waals surface area contributed by atoms with E-state index in [1.165, 1.54) is 12.1 Å². The molecule has 0 spiro atoms. The van der Waals surface area contributed by atoms with Gasteiger partial charge in [-0.3, -0.25) is 14.5 Å². The Kier molecular flexibility index (Phi) is 6.30. The van der Waals surface area contributed by atoms with Gasteiger partial charge in [-0.25, -0.2) is 0 Å². The number of ether oxygens (including phenoxy) is 1. The molecule has 0 fully saturated rings. The molecule has 2 aromatic heterocycles. The second-order valence-electron chi connectivity index (χ2n) is 5.53. The molecule has 2 heterocycles. The van der Waals surface area contributed by atoms with E-state index in [1.807, 2.05) is 17.5 Å². The van der Waals surface area contributed by atoms with Crippen LogP contribution in [0.4, 0.5) is 8.78 Å². The number of H-pyrrole nitrogens is 1. The molecule has 0 saturated carbocycles. The summed E-state index contributed by atoms with van der Waals surface area (Å²) >= 11 is 6.78. The summed E-state index contributed by atoms with van der Waals surface area (Å²) < 4.78 is 30.8. The zero-order chi connectivity index (χ0) is 19.2. The molecule has 1 amide bonds. The molecule has 6 nitrogen and oxygen atoms in total. The molecule has 3 rings (SSSR count). The molecule has 0 aliphatic heterocycles. The van der Waals surface area contributed by atoms with Crippen LogP contribution in [-0.4, -0.2) is 27.3 Å². The lowest BCUT2D eigenvalue weighted by atomic mass is 10.2. The summed E-state index contributed by atoms with van der Waals surface area (Å²) in [6, 6.07) is 9.98. The number of nitrogens with zero attached hydrogens (tertiary/aromatic N) is 2. The minimum Gasteiger partial charge on any atom is -0.435 e. The Balaban J connectivity index is 1.52. The van der Waals surface area contributed by atoms with Crippen LogP contribution in [0.15, 0.2) is 41.8 Å². The minimum absolute atomic E-state index is 0.0792. The first-order valence-corrected chi connectivity index (χ1v) is 9.31. The van der Waals surface area contributed by atoms with Crippen LogP contribution in [0.25, 0.3) is 10.7 Å². The molecule has 1 aromatic carbocycles. The average molecular weight is 410 g/mol. The maximum absolute atomic E-state index is 12.1. The monoisotopic (exact) mass is 410 g/mol. The Morgan fingerprint density at radius 2 is 2.11 bits per heavy atom. The van der Waals surface area contributed by atoms with Crippen LogP contribution in [0.5, 0.6) is 5.75 Å². The summed E-state index contributed by atoms with van der Waals surface area (Å²) in [5.74, 6) is 0.635. The van der Waals surface area contributed by atoms with Gasteiger partial charge in [0.1, 0.15) is 5.75 Å². The molecular weight excluding hydrogens is 394 g/mol. The number of halogens is 2. The molecule has 142 valence electrons. The van der Waals surface area contributed by atoms with E-state index in [2.05, 4.69) is 20.3 Å². The number of thiophene rings is 1. The maximum Gasteiger partial charge on any atom is 0.387 e. The maximum atomic E-state index is 12.1. The molecule has 0 saturated heterocycles. The van der Waals surface area contributed by atoms with Crippen molar-refractivity contribution >= 4 is 29.5 Å². The summed E-state index contributed by atoms with van der Waals surface area (Å²) in [4.78, 5) is 13.1. The summed E-state index contributed by atoms with van der Waals surface area (Å²) in [7, 11) is 0.